The SMILES string of the molecule is COC(=O)c1nnc(C2CCC(C(F)(F)F)CC2)o1. The first-order valence-electron chi connectivity index (χ1n) is 5.90. The number of alkyl halides is 3. The van der Waals surface area contributed by atoms with Crippen molar-refractivity contribution >= 4 is 5.97 Å². The Morgan fingerprint density at radius 3 is 2.42 bits per heavy atom. The molecule has 0 unspecified atom stereocenters. The largest absolute Gasteiger partial charge is 0.462 e. The Morgan fingerprint density at radius 2 is 1.89 bits per heavy atom. The van der Waals surface area contributed by atoms with Crippen LogP contribution in [-0.2, 0) is 4.74 Å². The molecular formula is C11H13F3N2O3. The fourth-order valence-corrected chi connectivity index (χ4v) is 2.24. The standard InChI is InChI=1S/C11H13F3N2O3/c1-18-10(17)9-16-15-8(19-9)6-2-4-7(5-3-6)11(12,13)14/h6-7H,2-5H2,1H3. The highest BCUT2D eigenvalue weighted by Crippen LogP contribution is 2.42. The Balaban J connectivity index is 1.98. The molecule has 1 saturated carbocycles. The molecule has 106 valence electrons. The third-order valence-corrected chi connectivity index (χ3v) is 3.34. The van der Waals surface area contributed by atoms with Crippen LogP contribution in [-0.4, -0.2) is 29.5 Å². The minimum Gasteiger partial charge on any atom is -0.462 e. The van der Waals surface area contributed by atoms with Gasteiger partial charge >= 0.3 is 18.0 Å². The van der Waals surface area contributed by atoms with Gasteiger partial charge in [-0.15, -0.1) is 10.2 Å². The van der Waals surface area contributed by atoms with E-state index >= 15 is 0 Å². The number of ether oxygens (including phenoxy) is 1. The lowest BCUT2D eigenvalue weighted by molar-refractivity contribution is -0.182. The van der Waals surface area contributed by atoms with E-state index in [9.17, 15) is 18.0 Å². The van der Waals surface area contributed by atoms with E-state index in [4.69, 9.17) is 4.42 Å². The van der Waals surface area contributed by atoms with Crippen molar-refractivity contribution < 1.29 is 27.1 Å². The van der Waals surface area contributed by atoms with E-state index in [1.807, 2.05) is 0 Å². The Kier molecular flexibility index (Phi) is 3.77. The zero-order chi connectivity index (χ0) is 14.0. The van der Waals surface area contributed by atoms with Crippen molar-refractivity contribution in [2.45, 2.75) is 37.8 Å². The Hall–Kier alpha value is -1.60. The van der Waals surface area contributed by atoms with Gasteiger partial charge in [0, 0.05) is 5.92 Å². The fourth-order valence-electron chi connectivity index (χ4n) is 2.24. The predicted octanol–water partition coefficient (Wildman–Crippen LogP) is 2.69. The predicted molar refractivity (Wildman–Crippen MR) is 56.4 cm³/mol. The van der Waals surface area contributed by atoms with E-state index in [0.717, 1.165) is 0 Å². The summed E-state index contributed by atoms with van der Waals surface area (Å²) in [7, 11) is 1.18. The minimum absolute atomic E-state index is 0.0457. The molecule has 1 aromatic heterocycles. The normalized spacial score (nSPS) is 24.2. The molecule has 2 rings (SSSR count). The van der Waals surface area contributed by atoms with Crippen LogP contribution < -0.4 is 0 Å². The van der Waals surface area contributed by atoms with Gasteiger partial charge in [0.15, 0.2) is 0 Å². The van der Waals surface area contributed by atoms with Crippen molar-refractivity contribution in [3.05, 3.63) is 11.8 Å². The van der Waals surface area contributed by atoms with Gasteiger partial charge in [0.2, 0.25) is 5.89 Å². The van der Waals surface area contributed by atoms with E-state index in [-0.39, 0.29) is 30.5 Å². The van der Waals surface area contributed by atoms with Gasteiger partial charge in [-0.2, -0.15) is 13.2 Å². The van der Waals surface area contributed by atoms with Crippen LogP contribution in [0, 0.1) is 5.92 Å². The van der Waals surface area contributed by atoms with Crippen molar-refractivity contribution in [1.29, 1.82) is 0 Å². The van der Waals surface area contributed by atoms with E-state index in [2.05, 4.69) is 14.9 Å². The molecule has 1 fully saturated rings. The molecule has 5 nitrogen and oxygen atoms in total. The minimum atomic E-state index is -4.14. The molecule has 0 amide bonds. The van der Waals surface area contributed by atoms with Crippen molar-refractivity contribution in [1.82, 2.24) is 10.2 Å². The summed E-state index contributed by atoms with van der Waals surface area (Å²) in [4.78, 5) is 11.1. The third kappa shape index (κ3) is 3.05. The van der Waals surface area contributed by atoms with Crippen LogP contribution >= 0.6 is 0 Å². The Morgan fingerprint density at radius 1 is 1.26 bits per heavy atom. The molecule has 1 aromatic rings. The zero-order valence-corrected chi connectivity index (χ0v) is 10.2. The molecule has 1 heterocycles. The molecule has 0 aromatic carbocycles. The maximum absolute atomic E-state index is 12.5. The number of hydrogen-bond donors (Lipinski definition) is 0. The third-order valence-electron chi connectivity index (χ3n) is 3.34. The summed E-state index contributed by atoms with van der Waals surface area (Å²) < 4.78 is 47.1. The summed E-state index contributed by atoms with van der Waals surface area (Å²) >= 11 is 0. The van der Waals surface area contributed by atoms with Crippen LogP contribution in [0.1, 0.15) is 48.2 Å². The molecule has 1 aliphatic carbocycles. The van der Waals surface area contributed by atoms with Gasteiger partial charge in [0.25, 0.3) is 0 Å². The van der Waals surface area contributed by atoms with Crippen molar-refractivity contribution in [2.75, 3.05) is 7.11 Å². The quantitative estimate of drug-likeness (QED) is 0.778. The number of halogens is 3. The summed E-state index contributed by atoms with van der Waals surface area (Å²) in [6.45, 7) is 0. The second-order valence-corrected chi connectivity index (χ2v) is 4.53. The van der Waals surface area contributed by atoms with E-state index in [1.165, 1.54) is 7.11 Å². The van der Waals surface area contributed by atoms with Gasteiger partial charge in [0.05, 0.1) is 13.0 Å². The summed E-state index contributed by atoms with van der Waals surface area (Å²) in [5.41, 5.74) is 0. The smallest absolute Gasteiger partial charge is 0.396 e. The number of hydrogen-bond acceptors (Lipinski definition) is 5. The number of aromatic nitrogens is 2. The van der Waals surface area contributed by atoms with E-state index < -0.39 is 18.1 Å². The van der Waals surface area contributed by atoms with Crippen LogP contribution in [0.3, 0.4) is 0 Å². The van der Waals surface area contributed by atoms with Gasteiger partial charge < -0.3 is 9.15 Å². The fraction of sp³-hybridized carbons (Fsp3) is 0.727. The van der Waals surface area contributed by atoms with Gasteiger partial charge in [0.1, 0.15) is 0 Å². The average molecular weight is 278 g/mol. The summed E-state index contributed by atoms with van der Waals surface area (Å²) in [5.74, 6) is -2.28. The first-order valence-corrected chi connectivity index (χ1v) is 5.90. The summed E-state index contributed by atoms with van der Waals surface area (Å²) in [6, 6.07) is 0. The zero-order valence-electron chi connectivity index (χ0n) is 10.2. The molecule has 1 aliphatic rings. The first kappa shape index (κ1) is 13.8. The lowest BCUT2D eigenvalue weighted by Gasteiger charge is -2.27. The van der Waals surface area contributed by atoms with Crippen LogP contribution in [0.2, 0.25) is 0 Å². The maximum atomic E-state index is 12.5. The molecule has 0 spiro atoms. The van der Waals surface area contributed by atoms with Gasteiger partial charge in [-0.3, -0.25) is 0 Å². The molecule has 0 bridgehead atoms. The molecule has 0 saturated heterocycles. The average Bonchev–Trinajstić information content (AvgIpc) is 2.86. The molecule has 0 N–H and O–H groups in total. The van der Waals surface area contributed by atoms with Crippen molar-refractivity contribution in [3.8, 4) is 0 Å². The van der Waals surface area contributed by atoms with Crippen LogP contribution in [0.5, 0.6) is 0 Å². The maximum Gasteiger partial charge on any atom is 0.396 e. The highest BCUT2D eigenvalue weighted by Gasteiger charge is 2.42. The lowest BCUT2D eigenvalue weighted by Crippen LogP contribution is -2.27. The van der Waals surface area contributed by atoms with Gasteiger partial charge in [-0.25, -0.2) is 4.79 Å². The molecule has 0 aliphatic heterocycles. The van der Waals surface area contributed by atoms with Crippen molar-refractivity contribution in [2.24, 2.45) is 5.92 Å². The van der Waals surface area contributed by atoms with Crippen LogP contribution in [0.25, 0.3) is 0 Å². The summed E-state index contributed by atoms with van der Waals surface area (Å²) in [5, 5.41) is 7.21. The molecular weight excluding hydrogens is 265 g/mol. The molecule has 8 heteroatoms. The number of carbonyl (C=O) groups is 1. The number of methoxy groups -OCH3 is 1. The molecule has 0 radical (unpaired) electrons. The number of carbonyl (C=O) groups excluding carboxylic acids is 1. The molecule has 0 atom stereocenters. The number of rotatable bonds is 2. The Labute approximate surface area is 107 Å². The van der Waals surface area contributed by atoms with Crippen LogP contribution in [0.15, 0.2) is 4.42 Å². The number of nitrogens with zero attached hydrogens (tertiary/aromatic N) is 2. The second-order valence-electron chi connectivity index (χ2n) is 4.53. The number of esters is 1. The van der Waals surface area contributed by atoms with E-state index in [1.54, 1.807) is 0 Å². The summed E-state index contributed by atoms with van der Waals surface area (Å²) in [6.07, 6.45) is -3.40. The lowest BCUT2D eigenvalue weighted by atomic mass is 9.81. The Bertz CT molecular complexity index is 450. The van der Waals surface area contributed by atoms with Gasteiger partial charge in [-0.1, -0.05) is 0 Å². The molecule has 19 heavy (non-hydrogen) atoms. The van der Waals surface area contributed by atoms with Crippen molar-refractivity contribution in [3.63, 3.8) is 0 Å². The highest BCUT2D eigenvalue weighted by atomic mass is 19.4. The topological polar surface area (TPSA) is 65.2 Å². The van der Waals surface area contributed by atoms with Crippen LogP contribution in [0.4, 0.5) is 13.2 Å². The van der Waals surface area contributed by atoms with Gasteiger partial charge in [-0.05, 0) is 25.7 Å². The van der Waals surface area contributed by atoms with E-state index in [0.29, 0.717) is 12.8 Å². The second kappa shape index (κ2) is 5.18. The first-order chi connectivity index (χ1) is 8.91. The monoisotopic (exact) mass is 278 g/mol. The highest BCUT2D eigenvalue weighted by molar-refractivity contribution is 5.83.